The highest BCUT2D eigenvalue weighted by Gasteiger charge is 2.01. The number of para-hydroxylation sites is 1. The maximum absolute atomic E-state index is 3.53. The molecule has 0 unspecified atom stereocenters. The second-order valence-electron chi connectivity index (χ2n) is 5.29. The van der Waals surface area contributed by atoms with E-state index >= 15 is 0 Å². The second-order valence-corrected chi connectivity index (χ2v) is 5.29. The van der Waals surface area contributed by atoms with Gasteiger partial charge in [-0.25, -0.2) is 0 Å². The molecule has 0 aliphatic heterocycles. The molecule has 2 aromatic rings. The van der Waals surface area contributed by atoms with Crippen molar-refractivity contribution in [3.05, 3.63) is 65.2 Å². The second kappa shape index (κ2) is 7.11. The van der Waals surface area contributed by atoms with Crippen LogP contribution in [0.25, 0.3) is 0 Å². The van der Waals surface area contributed by atoms with E-state index in [1.807, 2.05) is 0 Å². The molecule has 106 valence electrons. The zero-order valence-electron chi connectivity index (χ0n) is 12.7. The Morgan fingerprint density at radius 1 is 0.950 bits per heavy atom. The van der Waals surface area contributed by atoms with Gasteiger partial charge in [0.1, 0.15) is 0 Å². The molecule has 0 radical (unpaired) electrons. The lowest BCUT2D eigenvalue weighted by Gasteiger charge is -2.19. The Kier molecular flexibility index (Phi) is 5.19. The summed E-state index contributed by atoms with van der Waals surface area (Å²) in [6.07, 6.45) is 0. The zero-order chi connectivity index (χ0) is 14.4. The van der Waals surface area contributed by atoms with Crippen LogP contribution in [-0.4, -0.2) is 20.1 Å². The number of nitrogens with zero attached hydrogens (tertiary/aromatic N) is 1. The summed E-state index contributed by atoms with van der Waals surface area (Å²) in [7, 11) is 2.13. The first-order valence-corrected chi connectivity index (χ1v) is 7.20. The lowest BCUT2D eigenvalue weighted by Crippen LogP contribution is -2.29. The number of hydrogen-bond acceptors (Lipinski definition) is 2. The van der Waals surface area contributed by atoms with Crippen LogP contribution in [0.4, 0.5) is 5.69 Å². The molecule has 2 rings (SSSR count). The van der Waals surface area contributed by atoms with Crippen molar-refractivity contribution < 1.29 is 0 Å². The molecule has 2 aromatic carbocycles. The molecular formula is C18H24N2. The molecule has 0 spiro atoms. The molecule has 0 fully saturated rings. The molecule has 20 heavy (non-hydrogen) atoms. The third-order valence-electron chi connectivity index (χ3n) is 3.85. The van der Waals surface area contributed by atoms with Crippen molar-refractivity contribution in [2.75, 3.05) is 25.0 Å². The van der Waals surface area contributed by atoms with Crippen molar-refractivity contribution in [3.8, 4) is 0 Å². The molecule has 0 bridgehead atoms. The van der Waals surface area contributed by atoms with E-state index in [0.717, 1.165) is 19.6 Å². The van der Waals surface area contributed by atoms with E-state index < -0.39 is 0 Å². The highest BCUT2D eigenvalue weighted by atomic mass is 15.1. The lowest BCUT2D eigenvalue weighted by atomic mass is 10.0. The van der Waals surface area contributed by atoms with Gasteiger partial charge < -0.3 is 10.2 Å². The van der Waals surface area contributed by atoms with Gasteiger partial charge in [0.05, 0.1) is 0 Å². The molecule has 0 aliphatic carbocycles. The fraction of sp³-hybridized carbons (Fsp3) is 0.333. The van der Waals surface area contributed by atoms with E-state index in [2.05, 4.69) is 79.6 Å². The third kappa shape index (κ3) is 3.84. The van der Waals surface area contributed by atoms with Gasteiger partial charge in [0.25, 0.3) is 0 Å². The van der Waals surface area contributed by atoms with Gasteiger partial charge in [-0.3, -0.25) is 0 Å². The van der Waals surface area contributed by atoms with Gasteiger partial charge in [-0.1, -0.05) is 36.4 Å². The Balaban J connectivity index is 1.78. The van der Waals surface area contributed by atoms with Crippen molar-refractivity contribution in [3.63, 3.8) is 0 Å². The number of hydrogen-bond donors (Lipinski definition) is 1. The molecule has 0 amide bonds. The Morgan fingerprint density at radius 3 is 2.45 bits per heavy atom. The van der Waals surface area contributed by atoms with E-state index in [1.165, 1.54) is 22.4 Å². The van der Waals surface area contributed by atoms with Crippen molar-refractivity contribution in [1.82, 2.24) is 5.32 Å². The molecule has 2 heteroatoms. The van der Waals surface area contributed by atoms with Crippen LogP contribution >= 0.6 is 0 Å². The monoisotopic (exact) mass is 268 g/mol. The Hall–Kier alpha value is -1.80. The van der Waals surface area contributed by atoms with E-state index in [9.17, 15) is 0 Å². The summed E-state index contributed by atoms with van der Waals surface area (Å²) in [4.78, 5) is 2.27. The highest BCUT2D eigenvalue weighted by Crippen LogP contribution is 2.12. The van der Waals surface area contributed by atoms with Crippen molar-refractivity contribution in [2.45, 2.75) is 20.4 Å². The van der Waals surface area contributed by atoms with Gasteiger partial charge in [-0.15, -0.1) is 0 Å². The predicted molar refractivity (Wildman–Crippen MR) is 87.3 cm³/mol. The van der Waals surface area contributed by atoms with Gasteiger partial charge in [-0.2, -0.15) is 0 Å². The van der Waals surface area contributed by atoms with Gasteiger partial charge in [0.2, 0.25) is 0 Å². The van der Waals surface area contributed by atoms with Crippen LogP contribution in [0.3, 0.4) is 0 Å². The average Bonchev–Trinajstić information content (AvgIpc) is 2.48. The normalized spacial score (nSPS) is 10.6. The van der Waals surface area contributed by atoms with Crippen LogP contribution in [0.2, 0.25) is 0 Å². The molecule has 0 saturated carbocycles. The summed E-state index contributed by atoms with van der Waals surface area (Å²) in [6, 6.07) is 17.0. The SMILES string of the molecule is Cc1cccc(CNCCN(C)c2ccccc2)c1C. The molecule has 0 aliphatic rings. The topological polar surface area (TPSA) is 15.3 Å². The van der Waals surface area contributed by atoms with Crippen LogP contribution < -0.4 is 10.2 Å². The number of benzene rings is 2. The number of anilines is 1. The average molecular weight is 268 g/mol. The minimum atomic E-state index is 0.941. The maximum atomic E-state index is 3.53. The smallest absolute Gasteiger partial charge is 0.0364 e. The molecule has 0 atom stereocenters. The maximum Gasteiger partial charge on any atom is 0.0364 e. The number of rotatable bonds is 6. The lowest BCUT2D eigenvalue weighted by molar-refractivity contribution is 0.677. The van der Waals surface area contributed by atoms with Crippen LogP contribution in [0, 0.1) is 13.8 Å². The summed E-state index contributed by atoms with van der Waals surface area (Å²) in [6.45, 7) is 7.30. The predicted octanol–water partition coefficient (Wildman–Crippen LogP) is 3.53. The highest BCUT2D eigenvalue weighted by molar-refractivity contribution is 5.44. The van der Waals surface area contributed by atoms with Crippen LogP contribution in [0.1, 0.15) is 16.7 Å². The molecule has 1 N–H and O–H groups in total. The summed E-state index contributed by atoms with van der Waals surface area (Å²) in [5, 5.41) is 3.53. The van der Waals surface area contributed by atoms with Crippen molar-refractivity contribution in [2.24, 2.45) is 0 Å². The van der Waals surface area contributed by atoms with Gasteiger partial charge in [0.15, 0.2) is 0 Å². The molecule has 0 heterocycles. The Morgan fingerprint density at radius 2 is 1.70 bits per heavy atom. The largest absolute Gasteiger partial charge is 0.373 e. The minimum absolute atomic E-state index is 0.941. The van der Waals surface area contributed by atoms with Gasteiger partial charge in [0, 0.05) is 32.4 Å². The quantitative estimate of drug-likeness (QED) is 0.806. The van der Waals surface area contributed by atoms with E-state index in [1.54, 1.807) is 0 Å². The molecule has 0 aromatic heterocycles. The minimum Gasteiger partial charge on any atom is -0.373 e. The van der Waals surface area contributed by atoms with Crippen molar-refractivity contribution >= 4 is 5.69 Å². The summed E-state index contributed by atoms with van der Waals surface area (Å²) < 4.78 is 0. The number of aryl methyl sites for hydroxylation is 1. The van der Waals surface area contributed by atoms with E-state index in [0.29, 0.717) is 0 Å². The number of nitrogens with one attached hydrogen (secondary N) is 1. The van der Waals surface area contributed by atoms with Crippen LogP contribution in [0.15, 0.2) is 48.5 Å². The standard InChI is InChI=1S/C18H24N2/c1-15-8-7-9-17(16(15)2)14-19-12-13-20(3)18-10-5-4-6-11-18/h4-11,19H,12-14H2,1-3H3. The zero-order valence-corrected chi connectivity index (χ0v) is 12.7. The Labute approximate surface area is 122 Å². The first kappa shape index (κ1) is 14.6. The fourth-order valence-corrected chi connectivity index (χ4v) is 2.28. The van der Waals surface area contributed by atoms with E-state index in [-0.39, 0.29) is 0 Å². The first-order valence-electron chi connectivity index (χ1n) is 7.20. The van der Waals surface area contributed by atoms with Gasteiger partial charge >= 0.3 is 0 Å². The summed E-state index contributed by atoms with van der Waals surface area (Å²) >= 11 is 0. The summed E-state index contributed by atoms with van der Waals surface area (Å²) in [5.74, 6) is 0. The number of likely N-dealkylation sites (N-methyl/N-ethyl adjacent to an activating group) is 1. The Bertz CT molecular complexity index is 534. The molecular weight excluding hydrogens is 244 g/mol. The summed E-state index contributed by atoms with van der Waals surface area (Å²) in [5.41, 5.74) is 5.43. The molecule has 2 nitrogen and oxygen atoms in total. The third-order valence-corrected chi connectivity index (χ3v) is 3.85. The van der Waals surface area contributed by atoms with Gasteiger partial charge in [-0.05, 0) is 42.7 Å². The first-order chi connectivity index (χ1) is 9.68. The fourth-order valence-electron chi connectivity index (χ4n) is 2.28. The van der Waals surface area contributed by atoms with E-state index in [4.69, 9.17) is 0 Å². The molecule has 0 saturated heterocycles. The van der Waals surface area contributed by atoms with Crippen LogP contribution in [0.5, 0.6) is 0 Å². The van der Waals surface area contributed by atoms with Crippen molar-refractivity contribution in [1.29, 1.82) is 0 Å². The van der Waals surface area contributed by atoms with Crippen LogP contribution in [-0.2, 0) is 6.54 Å².